The molecule has 19 heavy (non-hydrogen) atoms. The fraction of sp³-hybridized carbons (Fsp3) is 0.647. The van der Waals surface area contributed by atoms with Gasteiger partial charge >= 0.3 is 0 Å². The van der Waals surface area contributed by atoms with Gasteiger partial charge in [0, 0.05) is 23.7 Å². The molecule has 1 aliphatic rings. The first-order chi connectivity index (χ1) is 8.82. The molecule has 0 bridgehead atoms. The van der Waals surface area contributed by atoms with Gasteiger partial charge in [-0.05, 0) is 53.1 Å². The van der Waals surface area contributed by atoms with Gasteiger partial charge in [0.25, 0.3) is 0 Å². The minimum atomic E-state index is 0.177. The van der Waals surface area contributed by atoms with Crippen LogP contribution in [0.4, 0.5) is 0 Å². The molecule has 0 saturated carbocycles. The molecule has 1 fully saturated rings. The molecule has 2 heteroatoms. The highest BCUT2D eigenvalue weighted by atomic mass is 15.3. The maximum atomic E-state index is 3.67. The fourth-order valence-corrected chi connectivity index (χ4v) is 3.12. The molecule has 1 saturated heterocycles. The van der Waals surface area contributed by atoms with Gasteiger partial charge < -0.3 is 5.32 Å². The van der Waals surface area contributed by atoms with Gasteiger partial charge in [0.15, 0.2) is 0 Å². The molecule has 1 N–H and O–H groups in total. The second-order valence-electron chi connectivity index (χ2n) is 7.09. The molecule has 1 aromatic carbocycles. The van der Waals surface area contributed by atoms with Crippen molar-refractivity contribution in [2.45, 2.75) is 58.2 Å². The Labute approximate surface area is 118 Å². The van der Waals surface area contributed by atoms with Gasteiger partial charge in [0.05, 0.1) is 0 Å². The maximum Gasteiger partial charge on any atom is 0.0325 e. The number of nitrogens with one attached hydrogen (secondary N) is 1. The third-order valence-electron chi connectivity index (χ3n) is 4.43. The van der Waals surface area contributed by atoms with Gasteiger partial charge in [0.1, 0.15) is 0 Å². The summed E-state index contributed by atoms with van der Waals surface area (Å²) < 4.78 is 0. The predicted molar refractivity (Wildman–Crippen MR) is 82.3 cm³/mol. The van der Waals surface area contributed by atoms with E-state index in [1.807, 2.05) is 0 Å². The van der Waals surface area contributed by atoms with Crippen molar-refractivity contribution in [2.24, 2.45) is 0 Å². The van der Waals surface area contributed by atoms with Crippen molar-refractivity contribution in [1.29, 1.82) is 0 Å². The Hall–Kier alpha value is -0.860. The van der Waals surface area contributed by atoms with Crippen LogP contribution in [0.5, 0.6) is 0 Å². The van der Waals surface area contributed by atoms with Crippen molar-refractivity contribution in [3.05, 3.63) is 35.9 Å². The van der Waals surface area contributed by atoms with Crippen LogP contribution in [0.2, 0.25) is 0 Å². The van der Waals surface area contributed by atoms with Crippen LogP contribution < -0.4 is 5.32 Å². The van der Waals surface area contributed by atoms with E-state index in [0.29, 0.717) is 6.04 Å². The number of hydrogen-bond donors (Lipinski definition) is 1. The number of nitrogens with zero attached hydrogens (tertiary/aromatic N) is 1. The first-order valence-electron chi connectivity index (χ1n) is 7.39. The van der Waals surface area contributed by atoms with E-state index in [2.05, 4.69) is 75.2 Å². The summed E-state index contributed by atoms with van der Waals surface area (Å²) in [6.45, 7) is 13.9. The summed E-state index contributed by atoms with van der Waals surface area (Å²) >= 11 is 0. The molecule has 0 radical (unpaired) electrons. The van der Waals surface area contributed by atoms with Crippen LogP contribution >= 0.6 is 0 Å². The summed E-state index contributed by atoms with van der Waals surface area (Å²) in [6.07, 6.45) is 1.19. The van der Waals surface area contributed by atoms with Crippen LogP contribution in [-0.2, 0) is 0 Å². The lowest BCUT2D eigenvalue weighted by Crippen LogP contribution is -2.51. The van der Waals surface area contributed by atoms with Crippen LogP contribution in [0.1, 0.15) is 52.6 Å². The first kappa shape index (κ1) is 14.5. The fourth-order valence-electron chi connectivity index (χ4n) is 3.12. The zero-order valence-electron chi connectivity index (χ0n) is 13.0. The molecule has 1 aromatic rings. The Kier molecular flexibility index (Phi) is 4.03. The number of rotatable bonds is 2. The summed E-state index contributed by atoms with van der Waals surface area (Å²) in [6, 6.07) is 11.3. The molecule has 1 atom stereocenters. The predicted octanol–water partition coefficient (Wildman–Crippen LogP) is 3.60. The minimum Gasteiger partial charge on any atom is -0.310 e. The van der Waals surface area contributed by atoms with Crippen molar-refractivity contribution in [2.75, 3.05) is 13.1 Å². The van der Waals surface area contributed by atoms with E-state index in [9.17, 15) is 0 Å². The van der Waals surface area contributed by atoms with Crippen molar-refractivity contribution >= 4 is 0 Å². The largest absolute Gasteiger partial charge is 0.310 e. The standard InChI is InChI=1S/C17H28N2/c1-14(15-9-7-6-8-10-15)19-13-16(2,3)18-12-11-17(19,4)5/h6-10,14,18H,11-13H2,1-5H3. The molecule has 0 amide bonds. The normalized spacial score (nSPS) is 24.7. The molecule has 0 aromatic heterocycles. The molecule has 0 aliphatic carbocycles. The summed E-state index contributed by atoms with van der Waals surface area (Å²) in [4.78, 5) is 2.66. The van der Waals surface area contributed by atoms with Crippen molar-refractivity contribution in [3.63, 3.8) is 0 Å². The lowest BCUT2D eigenvalue weighted by molar-refractivity contribution is 0.0645. The number of hydrogen-bond acceptors (Lipinski definition) is 2. The molecule has 1 unspecified atom stereocenters. The Morgan fingerprint density at radius 3 is 2.37 bits per heavy atom. The van der Waals surface area contributed by atoms with Crippen LogP contribution in [0.3, 0.4) is 0 Å². The average molecular weight is 260 g/mol. The second-order valence-corrected chi connectivity index (χ2v) is 7.09. The van der Waals surface area contributed by atoms with E-state index in [-0.39, 0.29) is 11.1 Å². The Balaban J connectivity index is 2.28. The smallest absolute Gasteiger partial charge is 0.0325 e. The zero-order valence-corrected chi connectivity index (χ0v) is 13.0. The summed E-state index contributed by atoms with van der Waals surface area (Å²) in [5.41, 5.74) is 1.82. The topological polar surface area (TPSA) is 15.3 Å². The molecule has 0 spiro atoms. The van der Waals surface area contributed by atoms with Crippen LogP contribution in [-0.4, -0.2) is 29.1 Å². The third kappa shape index (κ3) is 3.37. The van der Waals surface area contributed by atoms with Crippen LogP contribution in [0.25, 0.3) is 0 Å². The van der Waals surface area contributed by atoms with Crippen molar-refractivity contribution in [1.82, 2.24) is 10.2 Å². The quantitative estimate of drug-likeness (QED) is 0.874. The Morgan fingerprint density at radius 1 is 1.11 bits per heavy atom. The van der Waals surface area contributed by atoms with Gasteiger partial charge in [-0.15, -0.1) is 0 Å². The van der Waals surface area contributed by atoms with Gasteiger partial charge in [-0.25, -0.2) is 0 Å². The summed E-state index contributed by atoms with van der Waals surface area (Å²) in [5, 5.41) is 3.67. The van der Waals surface area contributed by atoms with E-state index in [1.54, 1.807) is 0 Å². The highest BCUT2D eigenvalue weighted by molar-refractivity contribution is 5.19. The SMILES string of the molecule is CC(c1ccccc1)N1CC(C)(C)NCCC1(C)C. The molecule has 2 nitrogen and oxygen atoms in total. The summed E-state index contributed by atoms with van der Waals surface area (Å²) in [7, 11) is 0. The molecular formula is C17H28N2. The minimum absolute atomic E-state index is 0.177. The monoisotopic (exact) mass is 260 g/mol. The van der Waals surface area contributed by atoms with Gasteiger partial charge in [0.2, 0.25) is 0 Å². The van der Waals surface area contributed by atoms with Crippen LogP contribution in [0.15, 0.2) is 30.3 Å². The lowest BCUT2D eigenvalue weighted by atomic mass is 9.93. The van der Waals surface area contributed by atoms with Crippen molar-refractivity contribution in [3.8, 4) is 0 Å². The second kappa shape index (κ2) is 5.26. The summed E-state index contributed by atoms with van der Waals surface area (Å²) in [5.74, 6) is 0. The van der Waals surface area contributed by atoms with Crippen LogP contribution in [0, 0.1) is 0 Å². The van der Waals surface area contributed by atoms with E-state index in [1.165, 1.54) is 12.0 Å². The Morgan fingerprint density at radius 2 is 1.74 bits per heavy atom. The third-order valence-corrected chi connectivity index (χ3v) is 4.43. The Bertz CT molecular complexity index is 409. The first-order valence-corrected chi connectivity index (χ1v) is 7.39. The number of benzene rings is 1. The van der Waals surface area contributed by atoms with Gasteiger partial charge in [-0.2, -0.15) is 0 Å². The average Bonchev–Trinajstić information content (AvgIpc) is 2.45. The molecule has 2 rings (SSSR count). The highest BCUT2D eigenvalue weighted by Crippen LogP contribution is 2.33. The van der Waals surface area contributed by atoms with Gasteiger partial charge in [-0.3, -0.25) is 4.90 Å². The van der Waals surface area contributed by atoms with Crippen molar-refractivity contribution < 1.29 is 0 Å². The molecule has 1 heterocycles. The molecule has 1 aliphatic heterocycles. The lowest BCUT2D eigenvalue weighted by Gasteiger charge is -2.43. The molecule has 106 valence electrons. The maximum absolute atomic E-state index is 3.67. The molecular weight excluding hydrogens is 232 g/mol. The highest BCUT2D eigenvalue weighted by Gasteiger charge is 2.37. The van der Waals surface area contributed by atoms with E-state index in [0.717, 1.165) is 13.1 Å². The van der Waals surface area contributed by atoms with E-state index in [4.69, 9.17) is 0 Å². The zero-order chi connectivity index (χ0) is 14.1. The van der Waals surface area contributed by atoms with Gasteiger partial charge in [-0.1, -0.05) is 30.3 Å². The van der Waals surface area contributed by atoms with E-state index < -0.39 is 0 Å². The van der Waals surface area contributed by atoms with E-state index >= 15 is 0 Å².